The molecule has 0 aliphatic rings. The molecule has 0 atom stereocenters. The van der Waals surface area contributed by atoms with E-state index in [1.807, 2.05) is 0 Å². The molecule has 0 fully saturated rings. The highest BCUT2D eigenvalue weighted by Gasteiger charge is 2.08. The summed E-state index contributed by atoms with van der Waals surface area (Å²) < 4.78 is 0. The van der Waals surface area contributed by atoms with Crippen LogP contribution in [-0.4, -0.2) is 41.1 Å². The first-order valence-corrected chi connectivity index (χ1v) is 7.54. The highest BCUT2D eigenvalue weighted by Crippen LogP contribution is 2.09. The van der Waals surface area contributed by atoms with Gasteiger partial charge in [0.2, 0.25) is 5.91 Å². The lowest BCUT2D eigenvalue weighted by Gasteiger charge is -2.07. The van der Waals surface area contributed by atoms with E-state index in [1.54, 1.807) is 0 Å². The second kappa shape index (κ2) is 8.65. The number of amides is 1. The monoisotopic (exact) mass is 299 g/mol. The number of carbonyl (C=O) groups is 2. The number of hydrogen-bond acceptors (Lipinski definition) is 5. The fraction of sp³-hybridized carbons (Fsp3) is 0.615. The van der Waals surface area contributed by atoms with Gasteiger partial charge in [0.25, 0.3) is 0 Å². The fourth-order valence-electron chi connectivity index (χ4n) is 1.56. The maximum absolute atomic E-state index is 11.5. The highest BCUT2D eigenvalue weighted by atomic mass is 32.1. The zero-order valence-electron chi connectivity index (χ0n) is 11.8. The number of thiazole rings is 1. The Bertz CT molecular complexity index is 446. The van der Waals surface area contributed by atoms with Gasteiger partial charge in [-0.15, -0.1) is 11.3 Å². The van der Waals surface area contributed by atoms with E-state index in [9.17, 15) is 9.59 Å². The predicted octanol–water partition coefficient (Wildman–Crippen LogP) is 1.28. The number of carboxylic acid groups (broad SMARTS) is 1. The Morgan fingerprint density at radius 3 is 2.75 bits per heavy atom. The topological polar surface area (TPSA) is 91.3 Å². The summed E-state index contributed by atoms with van der Waals surface area (Å²) in [6.45, 7) is 5.46. The molecule has 0 unspecified atom stereocenters. The molecular formula is C13H21N3O3S. The molecule has 20 heavy (non-hydrogen) atoms. The minimum absolute atomic E-state index is 0.0190. The number of hydrogen-bond donors (Lipinski definition) is 3. The van der Waals surface area contributed by atoms with Gasteiger partial charge < -0.3 is 15.7 Å². The maximum atomic E-state index is 11.5. The van der Waals surface area contributed by atoms with Gasteiger partial charge in [-0.05, 0) is 13.0 Å². The molecule has 0 aromatic carbocycles. The third-order valence-corrected chi connectivity index (χ3v) is 3.47. The van der Waals surface area contributed by atoms with Crippen LogP contribution >= 0.6 is 11.3 Å². The van der Waals surface area contributed by atoms with Crippen LogP contribution in [0.5, 0.6) is 0 Å². The number of nitrogens with zero attached hydrogens (tertiary/aromatic N) is 1. The van der Waals surface area contributed by atoms with Crippen LogP contribution in [0.2, 0.25) is 0 Å². The average molecular weight is 299 g/mol. The fourth-order valence-corrected chi connectivity index (χ4v) is 2.33. The molecule has 1 heterocycles. The standard InChI is InChI=1S/C13H21N3O3S/c1-9(2)14-6-3-4-11(17)15-7-5-12-16-10(8-20-12)13(18)19/h8-9,14H,3-7H2,1-2H3,(H,15,17)(H,18,19). The third-order valence-electron chi connectivity index (χ3n) is 2.57. The molecule has 0 saturated heterocycles. The first-order chi connectivity index (χ1) is 9.49. The lowest BCUT2D eigenvalue weighted by Crippen LogP contribution is -2.28. The largest absolute Gasteiger partial charge is 0.476 e. The van der Waals surface area contributed by atoms with Crippen LogP contribution in [0.15, 0.2) is 5.38 Å². The van der Waals surface area contributed by atoms with Crippen molar-refractivity contribution in [2.45, 2.75) is 39.2 Å². The molecule has 3 N–H and O–H groups in total. The zero-order chi connectivity index (χ0) is 15.0. The van der Waals surface area contributed by atoms with E-state index in [-0.39, 0.29) is 11.6 Å². The Morgan fingerprint density at radius 2 is 2.15 bits per heavy atom. The summed E-state index contributed by atoms with van der Waals surface area (Å²) in [5.74, 6) is -1.00. The van der Waals surface area contributed by atoms with Crippen LogP contribution in [0.25, 0.3) is 0 Å². The van der Waals surface area contributed by atoms with Crippen molar-refractivity contribution >= 4 is 23.2 Å². The van der Waals surface area contributed by atoms with E-state index >= 15 is 0 Å². The number of carboxylic acids is 1. The summed E-state index contributed by atoms with van der Waals surface area (Å²) in [7, 11) is 0. The van der Waals surface area contributed by atoms with Gasteiger partial charge >= 0.3 is 5.97 Å². The SMILES string of the molecule is CC(C)NCCCC(=O)NCCc1nc(C(=O)O)cs1. The van der Waals surface area contributed by atoms with E-state index < -0.39 is 5.97 Å². The number of rotatable bonds is 9. The van der Waals surface area contributed by atoms with Crippen LogP contribution in [0.4, 0.5) is 0 Å². The molecule has 7 heteroatoms. The Balaban J connectivity index is 2.13. The molecule has 1 aromatic rings. The number of carbonyl (C=O) groups excluding carboxylic acids is 1. The van der Waals surface area contributed by atoms with E-state index in [2.05, 4.69) is 29.5 Å². The number of nitrogens with one attached hydrogen (secondary N) is 2. The van der Waals surface area contributed by atoms with Crippen LogP contribution < -0.4 is 10.6 Å². The summed E-state index contributed by atoms with van der Waals surface area (Å²) in [5, 5.41) is 17.0. The van der Waals surface area contributed by atoms with Crippen molar-refractivity contribution in [3.8, 4) is 0 Å². The second-order valence-electron chi connectivity index (χ2n) is 4.74. The van der Waals surface area contributed by atoms with Crippen LogP contribution in [0.3, 0.4) is 0 Å². The Labute approximate surface area is 122 Å². The highest BCUT2D eigenvalue weighted by molar-refractivity contribution is 7.09. The van der Waals surface area contributed by atoms with Crippen molar-refractivity contribution in [3.63, 3.8) is 0 Å². The summed E-state index contributed by atoms with van der Waals surface area (Å²) in [6.07, 6.45) is 1.87. The molecule has 1 rings (SSSR count). The molecule has 1 aromatic heterocycles. The Hall–Kier alpha value is -1.47. The van der Waals surface area contributed by atoms with Gasteiger partial charge in [0.05, 0.1) is 5.01 Å². The number of aromatic carboxylic acids is 1. The molecule has 112 valence electrons. The van der Waals surface area contributed by atoms with Gasteiger partial charge in [-0.25, -0.2) is 9.78 Å². The van der Waals surface area contributed by atoms with Crippen molar-refractivity contribution in [3.05, 3.63) is 16.1 Å². The van der Waals surface area contributed by atoms with Gasteiger partial charge in [0, 0.05) is 30.8 Å². The van der Waals surface area contributed by atoms with Gasteiger partial charge in [-0.3, -0.25) is 4.79 Å². The van der Waals surface area contributed by atoms with E-state index in [0.717, 1.165) is 18.0 Å². The summed E-state index contributed by atoms with van der Waals surface area (Å²) in [6, 6.07) is 0.436. The van der Waals surface area contributed by atoms with Crippen LogP contribution in [0, 0.1) is 0 Å². The van der Waals surface area contributed by atoms with Crippen molar-refractivity contribution < 1.29 is 14.7 Å². The van der Waals surface area contributed by atoms with Crippen molar-refractivity contribution in [2.24, 2.45) is 0 Å². The Kier molecular flexibility index (Phi) is 7.17. The lowest BCUT2D eigenvalue weighted by molar-refractivity contribution is -0.121. The van der Waals surface area contributed by atoms with Gasteiger partial charge in [0.15, 0.2) is 5.69 Å². The molecule has 0 spiro atoms. The maximum Gasteiger partial charge on any atom is 0.355 e. The summed E-state index contributed by atoms with van der Waals surface area (Å²) in [5.41, 5.74) is 0.0658. The molecular weight excluding hydrogens is 278 g/mol. The first-order valence-electron chi connectivity index (χ1n) is 6.67. The summed E-state index contributed by atoms with van der Waals surface area (Å²) >= 11 is 1.30. The van der Waals surface area contributed by atoms with Gasteiger partial charge in [0.1, 0.15) is 0 Å². The molecule has 0 aliphatic carbocycles. The predicted molar refractivity (Wildman–Crippen MR) is 78.2 cm³/mol. The quantitative estimate of drug-likeness (QED) is 0.597. The first kappa shape index (κ1) is 16.6. The van der Waals surface area contributed by atoms with E-state index in [1.165, 1.54) is 16.7 Å². The second-order valence-corrected chi connectivity index (χ2v) is 5.69. The van der Waals surface area contributed by atoms with E-state index in [4.69, 9.17) is 5.11 Å². The minimum Gasteiger partial charge on any atom is -0.476 e. The van der Waals surface area contributed by atoms with Gasteiger partial charge in [-0.2, -0.15) is 0 Å². The average Bonchev–Trinajstić information content (AvgIpc) is 2.83. The van der Waals surface area contributed by atoms with Crippen LogP contribution in [-0.2, 0) is 11.2 Å². The molecule has 0 bridgehead atoms. The van der Waals surface area contributed by atoms with Crippen molar-refractivity contribution in [1.82, 2.24) is 15.6 Å². The van der Waals surface area contributed by atoms with Crippen LogP contribution in [0.1, 0.15) is 42.2 Å². The van der Waals surface area contributed by atoms with Gasteiger partial charge in [-0.1, -0.05) is 13.8 Å². The number of aromatic nitrogens is 1. The van der Waals surface area contributed by atoms with Crippen molar-refractivity contribution in [1.29, 1.82) is 0 Å². The molecule has 6 nitrogen and oxygen atoms in total. The third kappa shape index (κ3) is 6.63. The van der Waals surface area contributed by atoms with Crippen molar-refractivity contribution in [2.75, 3.05) is 13.1 Å². The summed E-state index contributed by atoms with van der Waals surface area (Å²) in [4.78, 5) is 26.2. The molecule has 0 radical (unpaired) electrons. The molecule has 0 saturated carbocycles. The molecule has 0 aliphatic heterocycles. The normalized spacial score (nSPS) is 10.8. The smallest absolute Gasteiger partial charge is 0.355 e. The zero-order valence-corrected chi connectivity index (χ0v) is 12.6. The lowest BCUT2D eigenvalue weighted by atomic mass is 10.2. The Morgan fingerprint density at radius 1 is 1.40 bits per heavy atom. The molecule has 1 amide bonds. The van der Waals surface area contributed by atoms with E-state index in [0.29, 0.717) is 25.4 Å². The minimum atomic E-state index is -1.02.